The van der Waals surface area contributed by atoms with E-state index >= 15 is 0 Å². The summed E-state index contributed by atoms with van der Waals surface area (Å²) in [6.07, 6.45) is 5.09. The molecule has 2 fully saturated rings. The van der Waals surface area contributed by atoms with Gasteiger partial charge in [0.15, 0.2) is 0 Å². The number of anilines is 1. The number of carbonyl (C=O) groups excluding carboxylic acids is 2. The number of ether oxygens (including phenoxy) is 1. The van der Waals surface area contributed by atoms with Gasteiger partial charge in [-0.2, -0.15) is 0 Å². The second-order valence-electron chi connectivity index (χ2n) is 6.32. The minimum atomic E-state index is -1.26. The predicted octanol–water partition coefficient (Wildman–Crippen LogP) is 1.32. The number of para-hydroxylation sites is 1. The molecule has 0 aromatic heterocycles. The summed E-state index contributed by atoms with van der Waals surface area (Å²) in [6.45, 7) is 3.77. The minimum absolute atomic E-state index is 0.295. The molecule has 1 aromatic rings. The Kier molecular flexibility index (Phi) is 3.34. The predicted molar refractivity (Wildman–Crippen MR) is 86.3 cm³/mol. The molecule has 1 aromatic carbocycles. The fourth-order valence-corrected chi connectivity index (χ4v) is 4.53. The Morgan fingerprint density at radius 3 is 2.88 bits per heavy atom. The molecular weight excluding hydrogens is 330 g/mol. The highest BCUT2D eigenvalue weighted by Crippen LogP contribution is 2.56. The van der Waals surface area contributed by atoms with Crippen LogP contribution < -0.4 is 10.0 Å². The summed E-state index contributed by atoms with van der Waals surface area (Å²) in [5, 5.41) is 12.0. The van der Waals surface area contributed by atoms with E-state index in [0.29, 0.717) is 17.1 Å². The molecule has 0 saturated carbocycles. The summed E-state index contributed by atoms with van der Waals surface area (Å²) in [7, 11) is 0. The Balaban J connectivity index is 1.87. The van der Waals surface area contributed by atoms with Crippen LogP contribution in [0.1, 0.15) is 6.42 Å². The van der Waals surface area contributed by atoms with Crippen LogP contribution >= 0.6 is 11.6 Å². The van der Waals surface area contributed by atoms with Gasteiger partial charge in [0.2, 0.25) is 5.91 Å². The first kappa shape index (κ1) is 15.4. The van der Waals surface area contributed by atoms with Gasteiger partial charge in [0.1, 0.15) is 5.60 Å². The summed E-state index contributed by atoms with van der Waals surface area (Å²) in [5.74, 6) is -3.35. The standard InChI is InChI=1S/C18H16ClNO4/c1-2-5-13-18-9-8-12(24-18)14(17(22)23)15(18)16(21)20(13)11-7-4-3-6-10(11)19/h2-4,6-9,12-15H,1,5H2,(H,22,23)/p-1/t12-,13-,14+,15-,18-/m1/s1. The number of benzene rings is 1. The number of carboxylic acids is 1. The van der Waals surface area contributed by atoms with Crippen molar-refractivity contribution in [2.45, 2.75) is 24.2 Å². The van der Waals surface area contributed by atoms with Gasteiger partial charge < -0.3 is 19.5 Å². The number of hydrogen-bond donors (Lipinski definition) is 0. The van der Waals surface area contributed by atoms with Gasteiger partial charge in [-0.1, -0.05) is 42.0 Å². The number of nitrogens with zero attached hydrogens (tertiary/aromatic N) is 1. The van der Waals surface area contributed by atoms with Crippen LogP contribution in [0, 0.1) is 11.8 Å². The van der Waals surface area contributed by atoms with E-state index in [9.17, 15) is 14.7 Å². The lowest BCUT2D eigenvalue weighted by atomic mass is 9.74. The maximum atomic E-state index is 13.2. The van der Waals surface area contributed by atoms with Gasteiger partial charge in [-0.25, -0.2) is 0 Å². The molecule has 0 radical (unpaired) electrons. The largest absolute Gasteiger partial charge is 0.550 e. The molecule has 2 saturated heterocycles. The Bertz CT molecular complexity index is 776. The van der Waals surface area contributed by atoms with Gasteiger partial charge in [0.05, 0.1) is 28.8 Å². The summed E-state index contributed by atoms with van der Waals surface area (Å²) in [4.78, 5) is 26.3. The summed E-state index contributed by atoms with van der Waals surface area (Å²) < 4.78 is 6.00. The van der Waals surface area contributed by atoms with Gasteiger partial charge in [-0.05, 0) is 18.6 Å². The lowest BCUT2D eigenvalue weighted by Crippen LogP contribution is -2.46. The number of fused-ring (bicyclic) bond motifs is 1. The topological polar surface area (TPSA) is 69.7 Å². The van der Waals surface area contributed by atoms with E-state index in [1.807, 2.05) is 6.08 Å². The number of halogens is 1. The van der Waals surface area contributed by atoms with Crippen LogP contribution in [0.2, 0.25) is 5.02 Å². The maximum Gasteiger partial charge on any atom is 0.234 e. The quantitative estimate of drug-likeness (QED) is 0.772. The highest BCUT2D eigenvalue weighted by molar-refractivity contribution is 6.34. The molecule has 3 heterocycles. The molecule has 1 amide bonds. The number of carbonyl (C=O) groups is 2. The molecule has 124 valence electrons. The lowest BCUT2D eigenvalue weighted by Gasteiger charge is -2.33. The SMILES string of the molecule is C=CC[C@H]1N(c2ccccc2Cl)C(=O)[C@H]2[C@@H](C(=O)[O-])[C@H]3C=C[C@]21O3. The summed E-state index contributed by atoms with van der Waals surface area (Å²) >= 11 is 6.28. The van der Waals surface area contributed by atoms with Crippen LogP contribution in [0.3, 0.4) is 0 Å². The molecule has 0 N–H and O–H groups in total. The van der Waals surface area contributed by atoms with Crippen molar-refractivity contribution in [3.8, 4) is 0 Å². The van der Waals surface area contributed by atoms with E-state index in [4.69, 9.17) is 16.3 Å². The first-order valence-electron chi connectivity index (χ1n) is 7.78. The third-order valence-corrected chi connectivity index (χ3v) is 5.52. The zero-order valence-corrected chi connectivity index (χ0v) is 13.5. The number of rotatable bonds is 4. The van der Waals surface area contributed by atoms with Gasteiger partial charge in [0, 0.05) is 11.9 Å². The van der Waals surface area contributed by atoms with E-state index in [0.717, 1.165) is 0 Å². The van der Waals surface area contributed by atoms with Crippen molar-refractivity contribution in [3.05, 3.63) is 54.1 Å². The molecule has 2 bridgehead atoms. The molecule has 3 aliphatic rings. The highest BCUT2D eigenvalue weighted by atomic mass is 35.5. The maximum absolute atomic E-state index is 13.2. The third kappa shape index (κ3) is 1.79. The van der Waals surface area contributed by atoms with Crippen molar-refractivity contribution in [2.75, 3.05) is 4.90 Å². The van der Waals surface area contributed by atoms with Gasteiger partial charge >= 0.3 is 0 Å². The number of hydrogen-bond acceptors (Lipinski definition) is 4. The van der Waals surface area contributed by atoms with Crippen molar-refractivity contribution in [1.82, 2.24) is 0 Å². The first-order valence-corrected chi connectivity index (χ1v) is 8.15. The highest BCUT2D eigenvalue weighted by Gasteiger charge is 2.69. The van der Waals surface area contributed by atoms with Crippen molar-refractivity contribution >= 4 is 29.2 Å². The Morgan fingerprint density at radius 2 is 2.21 bits per heavy atom. The zero-order valence-electron chi connectivity index (χ0n) is 12.7. The molecule has 5 atom stereocenters. The summed E-state index contributed by atoms with van der Waals surface area (Å²) in [6, 6.07) is 6.62. The van der Waals surface area contributed by atoms with Crippen LogP contribution in [-0.2, 0) is 14.3 Å². The minimum Gasteiger partial charge on any atom is -0.550 e. The normalized spacial score (nSPS) is 36.2. The van der Waals surface area contributed by atoms with Crippen LogP contribution in [0.25, 0.3) is 0 Å². The molecule has 24 heavy (non-hydrogen) atoms. The molecule has 0 aliphatic carbocycles. The van der Waals surface area contributed by atoms with E-state index < -0.39 is 35.6 Å². The second-order valence-corrected chi connectivity index (χ2v) is 6.72. The lowest BCUT2D eigenvalue weighted by molar-refractivity contribution is -0.313. The van der Waals surface area contributed by atoms with E-state index in [2.05, 4.69) is 6.58 Å². The van der Waals surface area contributed by atoms with Crippen molar-refractivity contribution < 1.29 is 19.4 Å². The average Bonchev–Trinajstić information content (AvgIpc) is 3.18. The van der Waals surface area contributed by atoms with Crippen molar-refractivity contribution in [3.63, 3.8) is 0 Å². The molecule has 3 aliphatic heterocycles. The first-order chi connectivity index (χ1) is 11.5. The van der Waals surface area contributed by atoms with Crippen LogP contribution in [0.4, 0.5) is 5.69 Å². The van der Waals surface area contributed by atoms with Crippen LogP contribution in [-0.4, -0.2) is 29.6 Å². The molecule has 4 rings (SSSR count). The van der Waals surface area contributed by atoms with Crippen molar-refractivity contribution in [2.24, 2.45) is 11.8 Å². The number of amides is 1. The van der Waals surface area contributed by atoms with Crippen LogP contribution in [0.15, 0.2) is 49.1 Å². The summed E-state index contributed by atoms with van der Waals surface area (Å²) in [5.41, 5.74) is -0.419. The third-order valence-electron chi connectivity index (χ3n) is 5.20. The Morgan fingerprint density at radius 1 is 1.46 bits per heavy atom. The van der Waals surface area contributed by atoms with Gasteiger partial charge in [-0.15, -0.1) is 6.58 Å². The second kappa shape index (κ2) is 5.19. The molecular formula is C18H15ClNO4-. The van der Waals surface area contributed by atoms with Crippen LogP contribution in [0.5, 0.6) is 0 Å². The van der Waals surface area contributed by atoms with Crippen molar-refractivity contribution in [1.29, 1.82) is 0 Å². The molecule has 6 heteroatoms. The van der Waals surface area contributed by atoms with Gasteiger partial charge in [-0.3, -0.25) is 4.79 Å². The fourth-order valence-electron chi connectivity index (χ4n) is 4.30. The molecule has 5 nitrogen and oxygen atoms in total. The average molecular weight is 345 g/mol. The Hall–Kier alpha value is -2.11. The Labute approximate surface area is 144 Å². The monoisotopic (exact) mass is 344 g/mol. The number of carboxylic acid groups (broad SMARTS) is 1. The van der Waals surface area contributed by atoms with E-state index in [-0.39, 0.29) is 5.91 Å². The van der Waals surface area contributed by atoms with E-state index in [1.54, 1.807) is 41.3 Å². The van der Waals surface area contributed by atoms with Gasteiger partial charge in [0.25, 0.3) is 0 Å². The molecule has 0 unspecified atom stereocenters. The number of aliphatic carboxylic acids is 1. The smallest absolute Gasteiger partial charge is 0.234 e. The molecule has 1 spiro atoms. The van der Waals surface area contributed by atoms with E-state index in [1.165, 1.54) is 0 Å². The zero-order chi connectivity index (χ0) is 17.1. The fraction of sp³-hybridized carbons (Fsp3) is 0.333.